The molecule has 17 heavy (non-hydrogen) atoms. The third kappa shape index (κ3) is 2.36. The molecule has 1 aromatic carbocycles. The number of benzene rings is 1. The maximum absolute atomic E-state index is 11.0. The van der Waals surface area contributed by atoms with Crippen LogP contribution in [0.3, 0.4) is 0 Å². The molecule has 0 aliphatic heterocycles. The minimum absolute atomic E-state index is 0.407. The molecule has 88 valence electrons. The van der Waals surface area contributed by atoms with Crippen molar-refractivity contribution < 1.29 is 4.79 Å². The van der Waals surface area contributed by atoms with Crippen LogP contribution in [0.1, 0.15) is 29.5 Å². The van der Waals surface area contributed by atoms with Crippen LogP contribution in [0.2, 0.25) is 0 Å². The van der Waals surface area contributed by atoms with Crippen molar-refractivity contribution in [3.63, 3.8) is 0 Å². The van der Waals surface area contributed by atoms with Crippen LogP contribution < -0.4 is 5.73 Å². The van der Waals surface area contributed by atoms with Gasteiger partial charge in [-0.05, 0) is 30.7 Å². The van der Waals surface area contributed by atoms with Crippen LogP contribution in [-0.4, -0.2) is 15.5 Å². The lowest BCUT2D eigenvalue weighted by Gasteiger charge is -2.07. The summed E-state index contributed by atoms with van der Waals surface area (Å²) in [6.07, 6.45) is 5.69. The lowest BCUT2D eigenvalue weighted by Crippen LogP contribution is -2.10. The normalized spacial score (nSPS) is 10.4. The number of hydrogen-bond acceptors (Lipinski definition) is 2. The summed E-state index contributed by atoms with van der Waals surface area (Å²) in [5.74, 6) is 0.621. The number of hydrogen-bond donors (Lipinski definition) is 1. The maximum atomic E-state index is 11.0. The third-order valence-corrected chi connectivity index (χ3v) is 2.62. The monoisotopic (exact) mass is 229 g/mol. The molecule has 1 aromatic heterocycles. The number of nitrogens with zero attached hydrogens (tertiary/aromatic N) is 2. The zero-order valence-electron chi connectivity index (χ0n) is 9.76. The highest BCUT2D eigenvalue weighted by atomic mass is 16.1. The van der Waals surface area contributed by atoms with Gasteiger partial charge in [0.25, 0.3) is 0 Å². The fourth-order valence-corrected chi connectivity index (χ4v) is 1.76. The highest BCUT2D eigenvalue weighted by molar-refractivity contribution is 5.92. The Hall–Kier alpha value is -2.10. The summed E-state index contributed by atoms with van der Waals surface area (Å²) in [5.41, 5.74) is 6.72. The molecule has 0 aliphatic rings. The Labute approximate surface area is 100 Å². The molecule has 2 N–H and O–H groups in total. The summed E-state index contributed by atoms with van der Waals surface area (Å²) < 4.78 is 2.02. The minimum Gasteiger partial charge on any atom is -0.366 e. The van der Waals surface area contributed by atoms with Gasteiger partial charge in [0.05, 0.1) is 0 Å². The van der Waals surface area contributed by atoms with E-state index in [0.717, 1.165) is 24.4 Å². The van der Waals surface area contributed by atoms with Gasteiger partial charge < -0.3 is 10.3 Å². The molecular formula is C13H15N3O. The van der Waals surface area contributed by atoms with E-state index in [1.807, 2.05) is 22.9 Å². The zero-order valence-corrected chi connectivity index (χ0v) is 9.76. The number of carbonyl (C=O) groups is 1. The Balaban J connectivity index is 2.33. The van der Waals surface area contributed by atoms with Crippen molar-refractivity contribution in [1.29, 1.82) is 0 Å². The van der Waals surface area contributed by atoms with Crippen molar-refractivity contribution in [3.05, 3.63) is 48.0 Å². The number of aromatic nitrogens is 2. The van der Waals surface area contributed by atoms with Crippen molar-refractivity contribution in [2.24, 2.45) is 5.73 Å². The summed E-state index contributed by atoms with van der Waals surface area (Å²) >= 11 is 0. The van der Waals surface area contributed by atoms with Gasteiger partial charge in [-0.1, -0.05) is 6.92 Å². The second-order valence-corrected chi connectivity index (χ2v) is 3.87. The van der Waals surface area contributed by atoms with E-state index >= 15 is 0 Å². The van der Waals surface area contributed by atoms with Crippen LogP contribution in [0, 0.1) is 0 Å². The van der Waals surface area contributed by atoms with E-state index in [1.165, 1.54) is 0 Å². The Kier molecular flexibility index (Phi) is 3.23. The van der Waals surface area contributed by atoms with E-state index < -0.39 is 5.91 Å². The molecule has 0 bridgehead atoms. The Morgan fingerprint density at radius 1 is 1.35 bits per heavy atom. The lowest BCUT2D eigenvalue weighted by molar-refractivity contribution is 0.100. The Morgan fingerprint density at radius 2 is 2.06 bits per heavy atom. The van der Waals surface area contributed by atoms with E-state index in [4.69, 9.17) is 5.73 Å². The molecule has 4 nitrogen and oxygen atoms in total. The minimum atomic E-state index is -0.407. The molecule has 0 unspecified atom stereocenters. The first-order chi connectivity index (χ1) is 8.22. The largest absolute Gasteiger partial charge is 0.366 e. The van der Waals surface area contributed by atoms with Gasteiger partial charge >= 0.3 is 0 Å². The van der Waals surface area contributed by atoms with Crippen LogP contribution in [0.15, 0.2) is 36.7 Å². The number of carbonyl (C=O) groups excluding carboxylic acids is 1. The second-order valence-electron chi connectivity index (χ2n) is 3.87. The van der Waals surface area contributed by atoms with E-state index in [2.05, 4.69) is 11.9 Å². The van der Waals surface area contributed by atoms with Gasteiger partial charge in [-0.3, -0.25) is 4.79 Å². The molecular weight excluding hydrogens is 214 g/mol. The standard InChI is InChI=1S/C13H15N3O/c1-2-3-12-15-8-9-16(12)11-6-4-10(5-7-11)13(14)17/h4-9H,2-3H2,1H3,(H2,14,17). The summed E-state index contributed by atoms with van der Waals surface area (Å²) in [4.78, 5) is 15.3. The van der Waals surface area contributed by atoms with Gasteiger partial charge in [-0.15, -0.1) is 0 Å². The van der Waals surface area contributed by atoms with Crippen LogP contribution in [-0.2, 0) is 6.42 Å². The lowest BCUT2D eigenvalue weighted by atomic mass is 10.2. The molecule has 2 rings (SSSR count). The number of aryl methyl sites for hydroxylation is 1. The second kappa shape index (κ2) is 4.82. The van der Waals surface area contributed by atoms with Crippen LogP contribution >= 0.6 is 0 Å². The molecule has 0 fully saturated rings. The van der Waals surface area contributed by atoms with Crippen molar-refractivity contribution >= 4 is 5.91 Å². The van der Waals surface area contributed by atoms with Crippen molar-refractivity contribution in [2.45, 2.75) is 19.8 Å². The fourth-order valence-electron chi connectivity index (χ4n) is 1.76. The first-order valence-corrected chi connectivity index (χ1v) is 5.65. The molecule has 4 heteroatoms. The SMILES string of the molecule is CCCc1nccn1-c1ccc(C(N)=O)cc1. The summed E-state index contributed by atoms with van der Waals surface area (Å²) in [6.45, 7) is 2.12. The Bertz CT molecular complexity index is 514. The van der Waals surface area contributed by atoms with Crippen LogP contribution in [0.5, 0.6) is 0 Å². The summed E-state index contributed by atoms with van der Waals surface area (Å²) in [5, 5.41) is 0. The van der Waals surface area contributed by atoms with Crippen LogP contribution in [0.25, 0.3) is 5.69 Å². The number of primary amides is 1. The topological polar surface area (TPSA) is 60.9 Å². The molecule has 0 radical (unpaired) electrons. The summed E-state index contributed by atoms with van der Waals surface area (Å²) in [7, 11) is 0. The van der Waals surface area contributed by atoms with Gasteiger partial charge in [0, 0.05) is 30.1 Å². The zero-order chi connectivity index (χ0) is 12.3. The van der Waals surface area contributed by atoms with Crippen molar-refractivity contribution in [2.75, 3.05) is 0 Å². The first kappa shape index (κ1) is 11.4. The van der Waals surface area contributed by atoms with E-state index in [9.17, 15) is 4.79 Å². The number of imidazole rings is 1. The summed E-state index contributed by atoms with van der Waals surface area (Å²) in [6, 6.07) is 7.21. The average Bonchev–Trinajstić information content (AvgIpc) is 2.78. The molecule has 0 atom stereocenters. The number of amides is 1. The third-order valence-electron chi connectivity index (χ3n) is 2.62. The fraction of sp³-hybridized carbons (Fsp3) is 0.231. The van der Waals surface area contributed by atoms with Crippen molar-refractivity contribution in [3.8, 4) is 5.69 Å². The molecule has 0 spiro atoms. The van der Waals surface area contributed by atoms with Crippen molar-refractivity contribution in [1.82, 2.24) is 9.55 Å². The quantitative estimate of drug-likeness (QED) is 0.870. The van der Waals surface area contributed by atoms with E-state index in [1.54, 1.807) is 18.3 Å². The van der Waals surface area contributed by atoms with Crippen LogP contribution in [0.4, 0.5) is 0 Å². The first-order valence-electron chi connectivity index (χ1n) is 5.65. The molecule has 0 aliphatic carbocycles. The van der Waals surface area contributed by atoms with Gasteiger partial charge in [0.2, 0.25) is 5.91 Å². The van der Waals surface area contributed by atoms with Gasteiger partial charge in [0.15, 0.2) is 0 Å². The number of rotatable bonds is 4. The van der Waals surface area contributed by atoms with E-state index in [-0.39, 0.29) is 0 Å². The molecule has 1 heterocycles. The van der Waals surface area contributed by atoms with Gasteiger partial charge in [-0.2, -0.15) is 0 Å². The molecule has 0 saturated carbocycles. The molecule has 0 saturated heterocycles. The van der Waals surface area contributed by atoms with Gasteiger partial charge in [0.1, 0.15) is 5.82 Å². The predicted octanol–water partition coefficient (Wildman–Crippen LogP) is 1.92. The van der Waals surface area contributed by atoms with E-state index in [0.29, 0.717) is 5.56 Å². The maximum Gasteiger partial charge on any atom is 0.248 e. The molecule has 2 aromatic rings. The number of nitrogens with two attached hydrogens (primary N) is 1. The highest BCUT2D eigenvalue weighted by Gasteiger charge is 2.05. The Morgan fingerprint density at radius 3 is 2.65 bits per heavy atom. The van der Waals surface area contributed by atoms with Gasteiger partial charge in [-0.25, -0.2) is 4.98 Å². The predicted molar refractivity (Wildman–Crippen MR) is 66.1 cm³/mol. The smallest absolute Gasteiger partial charge is 0.248 e. The average molecular weight is 229 g/mol. The highest BCUT2D eigenvalue weighted by Crippen LogP contribution is 2.13. The molecule has 1 amide bonds.